The molecule has 2 unspecified atom stereocenters. The van der Waals surface area contributed by atoms with Crippen molar-refractivity contribution < 1.29 is 15.6 Å². The van der Waals surface area contributed by atoms with Gasteiger partial charge in [-0.1, -0.05) is 0 Å². The monoisotopic (exact) mass is 741 g/mol. The number of hydrogen-bond acceptors (Lipinski definition) is 0. The van der Waals surface area contributed by atoms with Crippen LogP contribution in [0.4, 0.5) is 0 Å². The van der Waals surface area contributed by atoms with Gasteiger partial charge in [0.1, 0.15) is 0 Å². The Balaban J connectivity index is 1.68. The summed E-state index contributed by atoms with van der Waals surface area (Å²) in [6.45, 7) is 23.5. The van der Waals surface area contributed by atoms with Crippen molar-refractivity contribution in [2.45, 2.75) is 75.7 Å². The Labute approximate surface area is 286 Å². The van der Waals surface area contributed by atoms with Gasteiger partial charge in [-0.05, 0) is 0 Å². The maximum atomic E-state index is 8.81. The van der Waals surface area contributed by atoms with E-state index in [0.717, 1.165) is 0 Å². The molecule has 0 nitrogen and oxygen atoms in total. The molecule has 0 fully saturated rings. The van der Waals surface area contributed by atoms with Gasteiger partial charge < -0.3 is 0 Å². The van der Waals surface area contributed by atoms with E-state index in [0.29, 0.717) is 0 Å². The summed E-state index contributed by atoms with van der Waals surface area (Å²) in [5.41, 5.74) is 15.7. The van der Waals surface area contributed by atoms with Crippen LogP contribution in [0.15, 0.2) is 96.1 Å². The molecular formula is C42H49Cl2SiZr. The van der Waals surface area contributed by atoms with Crippen molar-refractivity contribution in [1.82, 2.24) is 0 Å². The molecular weight excluding hydrogens is 695 g/mol. The molecule has 0 radical (unpaired) electrons. The molecule has 0 spiro atoms. The molecule has 4 aromatic carbocycles. The first-order chi connectivity index (χ1) is 21.5. The summed E-state index contributed by atoms with van der Waals surface area (Å²) in [4.78, 5) is 0. The summed E-state index contributed by atoms with van der Waals surface area (Å²) in [5.74, 6) is -1.70. The van der Waals surface area contributed by atoms with Crippen LogP contribution < -0.4 is 0 Å². The van der Waals surface area contributed by atoms with Gasteiger partial charge >= 0.3 is 289 Å². The van der Waals surface area contributed by atoms with Gasteiger partial charge in [0.25, 0.3) is 0 Å². The molecule has 0 bridgehead atoms. The Morgan fingerprint density at radius 1 is 0.522 bits per heavy atom. The van der Waals surface area contributed by atoms with E-state index in [1.807, 2.05) is 0 Å². The maximum absolute atomic E-state index is 8.81. The first kappa shape index (κ1) is 33.9. The predicted octanol–water partition coefficient (Wildman–Crippen LogP) is 13.3. The Hall–Kier alpha value is -1.96. The van der Waals surface area contributed by atoms with Crippen molar-refractivity contribution in [2.24, 2.45) is 10.8 Å². The molecule has 0 saturated carbocycles. The fourth-order valence-electron chi connectivity index (χ4n) is 8.35. The molecule has 239 valence electrons. The second-order valence-electron chi connectivity index (χ2n) is 16.2. The summed E-state index contributed by atoms with van der Waals surface area (Å²) in [6.07, 6.45) is 4.99. The average molecular weight is 744 g/mol. The number of aryl methyl sites for hydroxylation is 2. The number of rotatable bonds is 5. The van der Waals surface area contributed by atoms with Crippen LogP contribution in [0, 0.1) is 24.7 Å². The summed E-state index contributed by atoms with van der Waals surface area (Å²) in [5, 5.41) is 0. The van der Waals surface area contributed by atoms with Crippen molar-refractivity contribution in [3.63, 3.8) is 0 Å². The number of hydrogen-bond donors (Lipinski definition) is 0. The number of fused-ring (bicyclic) bond motifs is 2. The second-order valence-corrected chi connectivity index (χ2v) is 58.7. The molecule has 4 heteroatoms. The average Bonchev–Trinajstić information content (AvgIpc) is 3.59. The molecule has 0 heterocycles. The topological polar surface area (TPSA) is 0 Å². The molecule has 4 aromatic rings. The van der Waals surface area contributed by atoms with E-state index >= 15 is 0 Å². The molecule has 0 amide bonds. The second kappa shape index (κ2) is 11.6. The Morgan fingerprint density at radius 3 is 1.20 bits per heavy atom. The van der Waals surface area contributed by atoms with Crippen LogP contribution in [0.5, 0.6) is 0 Å². The van der Waals surface area contributed by atoms with Gasteiger partial charge in [0.05, 0.1) is 0 Å². The third kappa shape index (κ3) is 5.26. The zero-order valence-electron chi connectivity index (χ0n) is 29.2. The SMILES string of the molecule is Cc1ccccc1-c1cccc2c1C=C(C(C)(C)C)[CH]2[Zr]([Cl])([Cl])([CH]1C(C(C)(C)C)=Cc2c(-c3ccccc3C)cccc21)[SiH](C)C. The van der Waals surface area contributed by atoms with E-state index in [-0.39, 0.29) is 18.1 Å². The van der Waals surface area contributed by atoms with E-state index < -0.39 is 21.5 Å². The van der Waals surface area contributed by atoms with Crippen LogP contribution in [-0.4, -0.2) is 5.92 Å². The number of halogens is 2. The van der Waals surface area contributed by atoms with Gasteiger partial charge in [-0.2, -0.15) is 0 Å². The van der Waals surface area contributed by atoms with Crippen LogP contribution in [0.3, 0.4) is 0 Å². The summed E-state index contributed by atoms with van der Waals surface area (Å²) in [6, 6.07) is 31.3. The fraction of sp³-hybridized carbons (Fsp3) is 0.333. The molecule has 2 aliphatic rings. The quantitative estimate of drug-likeness (QED) is 0.179. The van der Waals surface area contributed by atoms with Crippen molar-refractivity contribution in [3.8, 4) is 22.3 Å². The number of benzene rings is 4. The van der Waals surface area contributed by atoms with Gasteiger partial charge in [-0.3, -0.25) is 0 Å². The molecule has 0 aliphatic heterocycles. The van der Waals surface area contributed by atoms with Crippen molar-refractivity contribution in [2.75, 3.05) is 0 Å². The van der Waals surface area contributed by atoms with E-state index in [1.165, 1.54) is 66.8 Å². The zero-order valence-corrected chi connectivity index (χ0v) is 34.4. The van der Waals surface area contributed by atoms with E-state index in [4.69, 9.17) is 17.0 Å². The Bertz CT molecular complexity index is 1780. The first-order valence-electron chi connectivity index (χ1n) is 16.9. The van der Waals surface area contributed by atoms with E-state index in [1.54, 1.807) is 0 Å². The minimum atomic E-state index is -4.98. The molecule has 0 saturated heterocycles. The standard InChI is InChI=1S/2C20H21.C2H7Si.2ClH.Zr/c2*1-14-8-5-6-10-17(14)18-11-7-9-15-12-16(13-19(15)18)20(2,3)4;1-3-2;;;/h2*5-13H,1-4H3;3H,1-2H3;2*1H;/q;;;;;+2/p-2. The third-order valence-corrected chi connectivity index (χ3v) is 62.5. The molecule has 2 atom stereocenters. The Morgan fingerprint density at radius 2 is 0.870 bits per heavy atom. The summed E-state index contributed by atoms with van der Waals surface area (Å²) >= 11 is -4.98. The third-order valence-electron chi connectivity index (χ3n) is 10.9. The predicted molar refractivity (Wildman–Crippen MR) is 204 cm³/mol. The molecule has 6 rings (SSSR count). The van der Waals surface area contributed by atoms with Crippen LogP contribution >= 0.6 is 17.0 Å². The normalized spacial score (nSPS) is 18.9. The van der Waals surface area contributed by atoms with Crippen molar-refractivity contribution >= 4 is 35.1 Å². The Kier molecular flexibility index (Phi) is 8.54. The van der Waals surface area contributed by atoms with Gasteiger partial charge in [0.15, 0.2) is 0 Å². The van der Waals surface area contributed by atoms with Gasteiger partial charge in [-0.15, -0.1) is 0 Å². The van der Waals surface area contributed by atoms with Crippen molar-refractivity contribution in [1.29, 1.82) is 0 Å². The molecule has 0 aromatic heterocycles. The molecule has 2 aliphatic carbocycles. The van der Waals surface area contributed by atoms with Gasteiger partial charge in [-0.25, -0.2) is 0 Å². The van der Waals surface area contributed by atoms with Gasteiger partial charge in [0.2, 0.25) is 0 Å². The van der Waals surface area contributed by atoms with Crippen molar-refractivity contribution in [3.05, 3.63) is 129 Å². The molecule has 0 N–H and O–H groups in total. The van der Waals surface area contributed by atoms with Crippen LogP contribution in [-0.2, 0) is 15.6 Å². The van der Waals surface area contributed by atoms with E-state index in [9.17, 15) is 0 Å². The van der Waals surface area contributed by atoms with Gasteiger partial charge in [0, 0.05) is 0 Å². The van der Waals surface area contributed by atoms with Crippen LogP contribution in [0.25, 0.3) is 34.4 Å². The van der Waals surface area contributed by atoms with Crippen LogP contribution in [0.2, 0.25) is 13.1 Å². The summed E-state index contributed by atoms with van der Waals surface area (Å²) < 4.78 is 0.0819. The minimum absolute atomic E-state index is 0.0409. The first-order valence-corrected chi connectivity index (χ1v) is 33.2. The number of allylic oxidation sites excluding steroid dienone is 2. The fourth-order valence-corrected chi connectivity index (χ4v) is 39.8. The van der Waals surface area contributed by atoms with Crippen LogP contribution in [0.1, 0.15) is 82.2 Å². The summed E-state index contributed by atoms with van der Waals surface area (Å²) in [7, 11) is 17.6. The van der Waals surface area contributed by atoms with E-state index in [2.05, 4.69) is 166 Å². The zero-order chi connectivity index (χ0) is 33.4. The molecule has 46 heavy (non-hydrogen) atoms.